The van der Waals surface area contributed by atoms with E-state index in [1.54, 1.807) is 0 Å². The van der Waals surface area contributed by atoms with Crippen LogP contribution in [-0.2, 0) is 4.74 Å². The Bertz CT molecular complexity index is 168. The lowest BCUT2D eigenvalue weighted by Crippen LogP contribution is -2.60. The van der Waals surface area contributed by atoms with Gasteiger partial charge in [0, 0.05) is 18.6 Å². The smallest absolute Gasteiger partial charge is 0.0652 e. The zero-order valence-corrected chi connectivity index (χ0v) is 10.1. The van der Waals surface area contributed by atoms with Crippen LogP contribution in [0.1, 0.15) is 46.5 Å². The van der Waals surface area contributed by atoms with E-state index < -0.39 is 0 Å². The Labute approximate surface area is 88.4 Å². The summed E-state index contributed by atoms with van der Waals surface area (Å²) in [6, 6.07) is 0.657. The van der Waals surface area contributed by atoms with Crippen molar-refractivity contribution in [3.63, 3.8) is 0 Å². The van der Waals surface area contributed by atoms with Gasteiger partial charge in [-0.1, -0.05) is 33.6 Å². The Morgan fingerprint density at radius 2 is 2.07 bits per heavy atom. The molecule has 0 aliphatic heterocycles. The molecule has 0 heterocycles. The first kappa shape index (κ1) is 12.0. The highest BCUT2D eigenvalue weighted by molar-refractivity contribution is 5.02. The van der Waals surface area contributed by atoms with Crippen molar-refractivity contribution in [1.82, 2.24) is 5.32 Å². The van der Waals surface area contributed by atoms with Gasteiger partial charge in [0.2, 0.25) is 0 Å². The standard InChI is InChI=1S/C12H25NO/c1-5-6-7-8-13-10-9-11(14-4)12(10,2)3/h10-11,13H,5-9H2,1-4H3. The zero-order chi connectivity index (χ0) is 10.6. The fourth-order valence-electron chi connectivity index (χ4n) is 2.28. The van der Waals surface area contributed by atoms with Gasteiger partial charge < -0.3 is 10.1 Å². The number of unbranched alkanes of at least 4 members (excludes halogenated alkanes) is 2. The number of ether oxygens (including phenoxy) is 1. The first-order chi connectivity index (χ1) is 6.62. The summed E-state index contributed by atoms with van der Waals surface area (Å²) in [6.45, 7) is 8.00. The van der Waals surface area contributed by atoms with Crippen molar-refractivity contribution in [3.8, 4) is 0 Å². The van der Waals surface area contributed by atoms with Crippen LogP contribution >= 0.6 is 0 Å². The molecule has 1 rings (SSSR count). The van der Waals surface area contributed by atoms with Gasteiger partial charge in [0.15, 0.2) is 0 Å². The highest BCUT2D eigenvalue weighted by Gasteiger charge is 2.47. The maximum Gasteiger partial charge on any atom is 0.0652 e. The second kappa shape index (κ2) is 5.13. The fourth-order valence-corrected chi connectivity index (χ4v) is 2.28. The van der Waals surface area contributed by atoms with Crippen LogP contribution in [0.15, 0.2) is 0 Å². The average Bonchev–Trinajstić information content (AvgIpc) is 2.15. The molecular formula is C12H25NO. The van der Waals surface area contributed by atoms with E-state index in [1.165, 1.54) is 32.2 Å². The molecular weight excluding hydrogens is 174 g/mol. The Kier molecular flexibility index (Phi) is 4.39. The van der Waals surface area contributed by atoms with Gasteiger partial charge in [-0.2, -0.15) is 0 Å². The summed E-state index contributed by atoms with van der Waals surface area (Å²) in [5.74, 6) is 0. The number of methoxy groups -OCH3 is 1. The van der Waals surface area contributed by atoms with E-state index in [0.29, 0.717) is 17.6 Å². The molecule has 1 aliphatic carbocycles. The molecule has 0 aromatic carbocycles. The molecule has 0 radical (unpaired) electrons. The van der Waals surface area contributed by atoms with Gasteiger partial charge >= 0.3 is 0 Å². The van der Waals surface area contributed by atoms with Crippen LogP contribution in [0, 0.1) is 5.41 Å². The zero-order valence-electron chi connectivity index (χ0n) is 10.1. The predicted molar refractivity (Wildman–Crippen MR) is 60.5 cm³/mol. The lowest BCUT2D eigenvalue weighted by atomic mass is 9.64. The fraction of sp³-hybridized carbons (Fsp3) is 1.00. The van der Waals surface area contributed by atoms with Crippen molar-refractivity contribution in [2.75, 3.05) is 13.7 Å². The Hall–Kier alpha value is -0.0800. The first-order valence-corrected chi connectivity index (χ1v) is 5.89. The van der Waals surface area contributed by atoms with Crippen molar-refractivity contribution in [2.45, 2.75) is 58.6 Å². The van der Waals surface area contributed by atoms with E-state index in [4.69, 9.17) is 4.74 Å². The monoisotopic (exact) mass is 199 g/mol. The largest absolute Gasteiger partial charge is 0.381 e. The number of hydrogen-bond donors (Lipinski definition) is 1. The van der Waals surface area contributed by atoms with Crippen LogP contribution in [0.4, 0.5) is 0 Å². The lowest BCUT2D eigenvalue weighted by Gasteiger charge is -2.51. The summed E-state index contributed by atoms with van der Waals surface area (Å²) in [5.41, 5.74) is 0.320. The Balaban J connectivity index is 2.15. The van der Waals surface area contributed by atoms with Gasteiger partial charge in [-0.15, -0.1) is 0 Å². The van der Waals surface area contributed by atoms with Crippen molar-refractivity contribution in [2.24, 2.45) is 5.41 Å². The molecule has 2 heteroatoms. The Morgan fingerprint density at radius 1 is 1.36 bits per heavy atom. The predicted octanol–water partition coefficient (Wildman–Crippen LogP) is 2.58. The minimum Gasteiger partial charge on any atom is -0.381 e. The molecule has 0 amide bonds. The van der Waals surface area contributed by atoms with Gasteiger partial charge in [0.25, 0.3) is 0 Å². The summed E-state index contributed by atoms with van der Waals surface area (Å²) in [5, 5.41) is 3.63. The van der Waals surface area contributed by atoms with Crippen LogP contribution in [-0.4, -0.2) is 25.8 Å². The third kappa shape index (κ3) is 2.48. The molecule has 1 aliphatic rings. The summed E-state index contributed by atoms with van der Waals surface area (Å²) < 4.78 is 5.42. The molecule has 0 aromatic heterocycles. The van der Waals surface area contributed by atoms with Crippen LogP contribution in [0.5, 0.6) is 0 Å². The third-order valence-electron chi connectivity index (χ3n) is 3.63. The summed E-state index contributed by atoms with van der Waals surface area (Å²) >= 11 is 0. The lowest BCUT2D eigenvalue weighted by molar-refractivity contribution is -0.0972. The van der Waals surface area contributed by atoms with Crippen LogP contribution < -0.4 is 5.32 Å². The maximum atomic E-state index is 5.42. The van der Waals surface area contributed by atoms with E-state index in [0.717, 1.165) is 0 Å². The van der Waals surface area contributed by atoms with Gasteiger partial charge in [-0.05, 0) is 19.4 Å². The molecule has 2 unspecified atom stereocenters. The van der Waals surface area contributed by atoms with E-state index in [-0.39, 0.29) is 0 Å². The minimum absolute atomic E-state index is 0.320. The first-order valence-electron chi connectivity index (χ1n) is 5.89. The molecule has 1 saturated carbocycles. The van der Waals surface area contributed by atoms with E-state index >= 15 is 0 Å². The van der Waals surface area contributed by atoms with Crippen molar-refractivity contribution in [3.05, 3.63) is 0 Å². The SMILES string of the molecule is CCCCCNC1CC(OC)C1(C)C. The van der Waals surface area contributed by atoms with Gasteiger partial charge in [-0.3, -0.25) is 0 Å². The molecule has 84 valence electrons. The van der Waals surface area contributed by atoms with Crippen LogP contribution in [0.2, 0.25) is 0 Å². The molecule has 2 nitrogen and oxygen atoms in total. The topological polar surface area (TPSA) is 21.3 Å². The van der Waals surface area contributed by atoms with Crippen LogP contribution in [0.3, 0.4) is 0 Å². The van der Waals surface area contributed by atoms with Crippen molar-refractivity contribution >= 4 is 0 Å². The molecule has 2 atom stereocenters. The number of nitrogens with one attached hydrogen (secondary N) is 1. The molecule has 0 bridgehead atoms. The molecule has 1 fully saturated rings. The molecule has 1 N–H and O–H groups in total. The number of rotatable bonds is 6. The van der Waals surface area contributed by atoms with Gasteiger partial charge in [0.1, 0.15) is 0 Å². The second-order valence-corrected chi connectivity index (χ2v) is 5.00. The van der Waals surface area contributed by atoms with E-state index in [1.807, 2.05) is 7.11 Å². The molecule has 0 saturated heterocycles. The second-order valence-electron chi connectivity index (χ2n) is 5.00. The van der Waals surface area contributed by atoms with Gasteiger partial charge in [-0.25, -0.2) is 0 Å². The highest BCUT2D eigenvalue weighted by Crippen LogP contribution is 2.42. The van der Waals surface area contributed by atoms with Crippen molar-refractivity contribution in [1.29, 1.82) is 0 Å². The van der Waals surface area contributed by atoms with E-state index in [9.17, 15) is 0 Å². The maximum absolute atomic E-state index is 5.42. The summed E-state index contributed by atoms with van der Waals surface area (Å²) in [6.07, 6.45) is 5.58. The van der Waals surface area contributed by atoms with Crippen molar-refractivity contribution < 1.29 is 4.74 Å². The minimum atomic E-state index is 0.320. The molecule has 0 aromatic rings. The van der Waals surface area contributed by atoms with Gasteiger partial charge in [0.05, 0.1) is 6.10 Å². The molecule has 0 spiro atoms. The normalized spacial score (nSPS) is 30.0. The third-order valence-corrected chi connectivity index (χ3v) is 3.63. The number of hydrogen-bond acceptors (Lipinski definition) is 2. The quantitative estimate of drug-likeness (QED) is 0.664. The summed E-state index contributed by atoms with van der Waals surface area (Å²) in [7, 11) is 1.82. The Morgan fingerprint density at radius 3 is 2.57 bits per heavy atom. The van der Waals surface area contributed by atoms with Crippen LogP contribution in [0.25, 0.3) is 0 Å². The average molecular weight is 199 g/mol. The highest BCUT2D eigenvalue weighted by atomic mass is 16.5. The summed E-state index contributed by atoms with van der Waals surface area (Å²) in [4.78, 5) is 0. The van der Waals surface area contributed by atoms with E-state index in [2.05, 4.69) is 26.1 Å². The molecule has 14 heavy (non-hydrogen) atoms.